The molecule has 4 rings (SSSR count). The molecule has 0 fully saturated rings. The lowest BCUT2D eigenvalue weighted by Crippen LogP contribution is -2.33. The zero-order valence-corrected chi connectivity index (χ0v) is 22.6. The van der Waals surface area contributed by atoms with Crippen LogP contribution in [0.25, 0.3) is 10.9 Å². The molecule has 2 heterocycles. The molecule has 1 N–H and O–H groups in total. The number of fused-ring (bicyclic) bond motifs is 2. The van der Waals surface area contributed by atoms with Gasteiger partial charge in [-0.25, -0.2) is 23.1 Å². The first-order valence-electron chi connectivity index (χ1n) is 12.3. The molecule has 1 unspecified atom stereocenters. The van der Waals surface area contributed by atoms with Crippen molar-refractivity contribution in [3.8, 4) is 0 Å². The van der Waals surface area contributed by atoms with Gasteiger partial charge >= 0.3 is 0 Å². The molecule has 0 aliphatic carbocycles. The van der Waals surface area contributed by atoms with E-state index in [1.54, 1.807) is 44.8 Å². The van der Waals surface area contributed by atoms with Crippen LogP contribution in [0, 0.1) is 18.7 Å². The van der Waals surface area contributed by atoms with Gasteiger partial charge in [-0.1, -0.05) is 25.1 Å². The Morgan fingerprint density at radius 2 is 1.84 bits per heavy atom. The van der Waals surface area contributed by atoms with Crippen LogP contribution in [0.4, 0.5) is 24.7 Å². The van der Waals surface area contributed by atoms with E-state index in [1.807, 2.05) is 26.0 Å². The molecule has 3 aromatic rings. The van der Waals surface area contributed by atoms with E-state index in [0.717, 1.165) is 17.3 Å². The summed E-state index contributed by atoms with van der Waals surface area (Å²) in [6.45, 7) is 8.76. The summed E-state index contributed by atoms with van der Waals surface area (Å²) in [5.74, 6) is -4.42. The van der Waals surface area contributed by atoms with Gasteiger partial charge in [0.05, 0.1) is 22.5 Å². The van der Waals surface area contributed by atoms with E-state index in [-0.39, 0.29) is 18.0 Å². The number of alkyl halides is 2. The molecule has 0 radical (unpaired) electrons. The molecule has 198 valence electrons. The van der Waals surface area contributed by atoms with E-state index in [2.05, 4.69) is 15.3 Å². The fraction of sp³-hybridized carbons (Fsp3) is 0.464. The average Bonchev–Trinajstić information content (AvgIpc) is 2.97. The first-order chi connectivity index (χ1) is 17.2. The quantitative estimate of drug-likeness (QED) is 0.433. The molecule has 0 spiro atoms. The number of carbonyl (C=O) groups excluding carboxylic acids is 1. The SMILES string of the molecule is Cc1nc(N[C@H](C)c2cccc(C(F)(F)C(C)CN(C)C)c2F)c2cc3c(cc2n1)C(C)(C)C(=O)N3C. The summed E-state index contributed by atoms with van der Waals surface area (Å²) < 4.78 is 46.0. The van der Waals surface area contributed by atoms with Crippen molar-refractivity contribution in [1.82, 2.24) is 14.9 Å². The lowest BCUT2D eigenvalue weighted by molar-refractivity contribution is -0.121. The first kappa shape index (κ1) is 26.9. The van der Waals surface area contributed by atoms with Crippen LogP contribution in [0.3, 0.4) is 0 Å². The third-order valence-corrected chi connectivity index (χ3v) is 7.26. The predicted octanol–water partition coefficient (Wildman–Crippen LogP) is 5.79. The van der Waals surface area contributed by atoms with Crippen molar-refractivity contribution >= 4 is 28.3 Å². The largest absolute Gasteiger partial charge is 0.363 e. The highest BCUT2D eigenvalue weighted by Crippen LogP contribution is 2.44. The second-order valence-corrected chi connectivity index (χ2v) is 10.9. The number of benzene rings is 2. The number of carbonyl (C=O) groups is 1. The topological polar surface area (TPSA) is 61.4 Å². The monoisotopic (exact) mass is 513 g/mol. The van der Waals surface area contributed by atoms with Gasteiger partial charge in [-0.15, -0.1) is 0 Å². The number of halogens is 3. The molecule has 0 saturated heterocycles. The molecule has 2 atom stereocenters. The Labute approximate surface area is 215 Å². The number of amides is 1. The van der Waals surface area contributed by atoms with Crippen molar-refractivity contribution in [2.75, 3.05) is 37.9 Å². The minimum atomic E-state index is -3.34. The van der Waals surface area contributed by atoms with Crippen molar-refractivity contribution in [1.29, 1.82) is 0 Å². The number of aryl methyl sites for hydroxylation is 1. The van der Waals surface area contributed by atoms with Crippen molar-refractivity contribution in [3.05, 3.63) is 58.7 Å². The van der Waals surface area contributed by atoms with Crippen LogP contribution in [0.15, 0.2) is 30.3 Å². The van der Waals surface area contributed by atoms with Crippen LogP contribution in [0.2, 0.25) is 0 Å². The summed E-state index contributed by atoms with van der Waals surface area (Å²) in [6, 6.07) is 7.20. The van der Waals surface area contributed by atoms with Crippen molar-refractivity contribution in [2.24, 2.45) is 5.92 Å². The zero-order valence-electron chi connectivity index (χ0n) is 22.6. The molecule has 9 heteroatoms. The van der Waals surface area contributed by atoms with Gasteiger partial charge in [0.2, 0.25) is 5.91 Å². The number of likely N-dealkylation sites (N-methyl/N-ethyl adjacent to an activating group) is 1. The molecular formula is C28H34F3N5O. The number of nitrogens with zero attached hydrogens (tertiary/aromatic N) is 4. The molecule has 6 nitrogen and oxygen atoms in total. The van der Waals surface area contributed by atoms with Crippen molar-refractivity contribution in [2.45, 2.75) is 52.0 Å². The number of aromatic nitrogens is 2. The molecule has 1 aliphatic rings. The predicted molar refractivity (Wildman–Crippen MR) is 141 cm³/mol. The second-order valence-electron chi connectivity index (χ2n) is 10.9. The average molecular weight is 514 g/mol. The van der Waals surface area contributed by atoms with Gasteiger partial charge in [-0.05, 0) is 59.5 Å². The Bertz CT molecular complexity index is 1370. The van der Waals surface area contributed by atoms with E-state index in [0.29, 0.717) is 22.5 Å². The second kappa shape index (κ2) is 9.28. The number of anilines is 2. The standard InChI is InChI=1S/C28H34F3N5O/c1-15(14-35(6)7)28(30,31)20-11-9-10-18(24(20)29)16(2)32-25-19-12-23-21(13-22(19)33-17(3)34-25)27(4,5)26(37)36(23)8/h9-13,15-16H,14H2,1-8H3,(H,32,33,34)/t15?,16-/m1/s1. The molecule has 1 amide bonds. The molecule has 37 heavy (non-hydrogen) atoms. The lowest BCUT2D eigenvalue weighted by atomic mass is 9.85. The Balaban J connectivity index is 1.74. The van der Waals surface area contributed by atoms with Gasteiger partial charge in [-0.2, -0.15) is 0 Å². The van der Waals surface area contributed by atoms with Gasteiger partial charge in [0, 0.05) is 36.1 Å². The van der Waals surface area contributed by atoms with Crippen LogP contribution in [-0.4, -0.2) is 48.5 Å². The number of rotatable bonds is 7. The number of hydrogen-bond acceptors (Lipinski definition) is 5. The molecule has 2 aromatic carbocycles. The Morgan fingerprint density at radius 3 is 2.49 bits per heavy atom. The lowest BCUT2D eigenvalue weighted by Gasteiger charge is -2.28. The Hall–Kier alpha value is -3.20. The van der Waals surface area contributed by atoms with Gasteiger partial charge in [-0.3, -0.25) is 4.79 Å². The summed E-state index contributed by atoms with van der Waals surface area (Å²) in [5.41, 5.74) is 1.10. The molecule has 0 saturated carbocycles. The highest BCUT2D eigenvalue weighted by Gasteiger charge is 2.43. The van der Waals surface area contributed by atoms with Gasteiger partial charge < -0.3 is 15.1 Å². The molecule has 0 bridgehead atoms. The Morgan fingerprint density at radius 1 is 1.16 bits per heavy atom. The normalized spacial score (nSPS) is 16.9. The minimum Gasteiger partial charge on any atom is -0.363 e. The maximum absolute atomic E-state index is 15.6. The highest BCUT2D eigenvalue weighted by molar-refractivity contribution is 6.10. The molecule has 1 aromatic heterocycles. The fourth-order valence-corrected chi connectivity index (χ4v) is 5.16. The van der Waals surface area contributed by atoms with Crippen LogP contribution in [0.5, 0.6) is 0 Å². The van der Waals surface area contributed by atoms with E-state index >= 15 is 13.2 Å². The maximum atomic E-state index is 15.6. The van der Waals surface area contributed by atoms with E-state index in [1.165, 1.54) is 19.1 Å². The van der Waals surface area contributed by atoms with Gasteiger partial charge in [0.25, 0.3) is 5.92 Å². The number of hydrogen-bond donors (Lipinski definition) is 1. The maximum Gasteiger partial charge on any atom is 0.279 e. The first-order valence-corrected chi connectivity index (χ1v) is 12.3. The van der Waals surface area contributed by atoms with Crippen LogP contribution >= 0.6 is 0 Å². The van der Waals surface area contributed by atoms with Crippen molar-refractivity contribution < 1.29 is 18.0 Å². The third-order valence-electron chi connectivity index (χ3n) is 7.26. The Kier molecular flexibility index (Phi) is 6.73. The van der Waals surface area contributed by atoms with Gasteiger partial charge in [0.1, 0.15) is 17.5 Å². The van der Waals surface area contributed by atoms with Crippen molar-refractivity contribution in [3.63, 3.8) is 0 Å². The summed E-state index contributed by atoms with van der Waals surface area (Å²) in [7, 11) is 5.15. The summed E-state index contributed by atoms with van der Waals surface area (Å²) in [6.07, 6.45) is 0. The zero-order chi connectivity index (χ0) is 27.4. The van der Waals surface area contributed by atoms with E-state index in [9.17, 15) is 4.79 Å². The van der Waals surface area contributed by atoms with Gasteiger partial charge in [0.15, 0.2) is 0 Å². The smallest absolute Gasteiger partial charge is 0.279 e. The summed E-state index contributed by atoms with van der Waals surface area (Å²) in [5, 5.41) is 3.88. The van der Waals surface area contributed by atoms with E-state index in [4.69, 9.17) is 0 Å². The highest BCUT2D eigenvalue weighted by atomic mass is 19.3. The summed E-state index contributed by atoms with van der Waals surface area (Å²) in [4.78, 5) is 25.2. The molecule has 1 aliphatic heterocycles. The number of nitrogens with one attached hydrogen (secondary N) is 1. The van der Waals surface area contributed by atoms with E-state index < -0.39 is 34.7 Å². The van der Waals surface area contributed by atoms with Crippen LogP contribution < -0.4 is 10.2 Å². The third kappa shape index (κ3) is 4.54. The molecular weight excluding hydrogens is 479 g/mol. The van der Waals surface area contributed by atoms with Crippen LogP contribution in [0.1, 0.15) is 56.3 Å². The summed E-state index contributed by atoms with van der Waals surface area (Å²) >= 11 is 0. The fourth-order valence-electron chi connectivity index (χ4n) is 5.16. The minimum absolute atomic E-state index is 0.0197. The van der Waals surface area contributed by atoms with Crippen LogP contribution in [-0.2, 0) is 16.1 Å².